The molecular formula is C14H16ClN3O. The fraction of sp³-hybridized carbons (Fsp3) is 0.214. The number of benzene rings is 1. The van der Waals surface area contributed by atoms with Crippen molar-refractivity contribution in [3.05, 3.63) is 52.8 Å². The lowest BCUT2D eigenvalue weighted by Gasteiger charge is -2.08. The first-order chi connectivity index (χ1) is 9.10. The second-order valence-electron chi connectivity index (χ2n) is 4.34. The first-order valence-corrected chi connectivity index (χ1v) is 6.34. The molecule has 0 aliphatic carbocycles. The van der Waals surface area contributed by atoms with Crippen molar-refractivity contribution in [1.29, 1.82) is 0 Å². The molecule has 2 aromatic rings. The van der Waals surface area contributed by atoms with Crippen LogP contribution >= 0.6 is 11.6 Å². The maximum atomic E-state index is 12.1. The molecule has 0 aliphatic rings. The van der Waals surface area contributed by atoms with Crippen LogP contribution < -0.4 is 10.6 Å². The van der Waals surface area contributed by atoms with E-state index in [4.69, 9.17) is 11.6 Å². The molecular weight excluding hydrogens is 262 g/mol. The van der Waals surface area contributed by atoms with Gasteiger partial charge < -0.3 is 15.2 Å². The molecule has 1 amide bonds. The average molecular weight is 278 g/mol. The molecule has 0 radical (unpaired) electrons. The molecule has 4 nitrogen and oxygen atoms in total. The lowest BCUT2D eigenvalue weighted by molar-refractivity contribution is 0.101. The Kier molecular flexibility index (Phi) is 4.24. The number of nitrogens with one attached hydrogen (secondary N) is 2. The molecule has 0 saturated heterocycles. The Morgan fingerprint density at radius 2 is 2.16 bits per heavy atom. The number of carbonyl (C=O) groups excluding carboxylic acids is 1. The van der Waals surface area contributed by atoms with Crippen LogP contribution in [0.25, 0.3) is 0 Å². The lowest BCUT2D eigenvalue weighted by Crippen LogP contribution is -2.15. The van der Waals surface area contributed by atoms with E-state index in [9.17, 15) is 4.79 Å². The molecule has 1 aromatic carbocycles. The number of anilines is 1. The summed E-state index contributed by atoms with van der Waals surface area (Å²) in [4.78, 5) is 12.1. The van der Waals surface area contributed by atoms with Gasteiger partial charge in [0, 0.05) is 25.5 Å². The summed E-state index contributed by atoms with van der Waals surface area (Å²) in [5.74, 6) is -0.170. The minimum absolute atomic E-state index is 0.170. The van der Waals surface area contributed by atoms with E-state index >= 15 is 0 Å². The first kappa shape index (κ1) is 13.6. The molecule has 0 unspecified atom stereocenters. The third kappa shape index (κ3) is 3.36. The van der Waals surface area contributed by atoms with Crippen molar-refractivity contribution in [2.75, 3.05) is 12.4 Å². The van der Waals surface area contributed by atoms with Gasteiger partial charge in [-0.05, 0) is 30.8 Å². The van der Waals surface area contributed by atoms with E-state index in [0.717, 1.165) is 17.8 Å². The van der Waals surface area contributed by atoms with Crippen molar-refractivity contribution in [2.45, 2.75) is 6.54 Å². The van der Waals surface area contributed by atoms with Crippen molar-refractivity contribution < 1.29 is 4.79 Å². The second kappa shape index (κ2) is 5.91. The van der Waals surface area contributed by atoms with E-state index < -0.39 is 0 Å². The van der Waals surface area contributed by atoms with Crippen LogP contribution in [-0.2, 0) is 13.6 Å². The number of rotatable bonds is 4. The van der Waals surface area contributed by atoms with Crippen LogP contribution in [0.5, 0.6) is 0 Å². The van der Waals surface area contributed by atoms with Crippen LogP contribution in [-0.4, -0.2) is 17.5 Å². The van der Waals surface area contributed by atoms with Gasteiger partial charge in [0.25, 0.3) is 5.91 Å². The quantitative estimate of drug-likeness (QED) is 0.902. The van der Waals surface area contributed by atoms with Crippen molar-refractivity contribution >= 4 is 23.2 Å². The number of aromatic nitrogens is 1. The van der Waals surface area contributed by atoms with E-state index in [2.05, 4.69) is 10.6 Å². The SMILES string of the molecule is CNCc1cccc(NC(=O)c2cc(Cl)cn2C)c1. The highest BCUT2D eigenvalue weighted by atomic mass is 35.5. The summed E-state index contributed by atoms with van der Waals surface area (Å²) >= 11 is 5.87. The van der Waals surface area contributed by atoms with Crippen LogP contribution in [0.15, 0.2) is 36.5 Å². The van der Waals surface area contributed by atoms with Gasteiger partial charge in [0.15, 0.2) is 0 Å². The van der Waals surface area contributed by atoms with Gasteiger partial charge in [-0.15, -0.1) is 0 Å². The number of nitrogens with zero attached hydrogens (tertiary/aromatic N) is 1. The van der Waals surface area contributed by atoms with Gasteiger partial charge in [-0.3, -0.25) is 4.79 Å². The molecule has 19 heavy (non-hydrogen) atoms. The third-order valence-corrected chi connectivity index (χ3v) is 2.98. The summed E-state index contributed by atoms with van der Waals surface area (Å²) in [6.07, 6.45) is 1.70. The highest BCUT2D eigenvalue weighted by Gasteiger charge is 2.11. The minimum atomic E-state index is -0.170. The Morgan fingerprint density at radius 3 is 2.79 bits per heavy atom. The Balaban J connectivity index is 2.14. The fourth-order valence-corrected chi connectivity index (χ4v) is 2.16. The van der Waals surface area contributed by atoms with E-state index in [1.807, 2.05) is 31.3 Å². The number of aryl methyl sites for hydroxylation is 1. The molecule has 2 rings (SSSR count). The number of hydrogen-bond acceptors (Lipinski definition) is 2. The summed E-state index contributed by atoms with van der Waals surface area (Å²) in [7, 11) is 3.68. The smallest absolute Gasteiger partial charge is 0.272 e. The van der Waals surface area contributed by atoms with E-state index in [0.29, 0.717) is 10.7 Å². The van der Waals surface area contributed by atoms with Crippen LogP contribution in [0, 0.1) is 0 Å². The third-order valence-electron chi connectivity index (χ3n) is 2.77. The zero-order chi connectivity index (χ0) is 13.8. The second-order valence-corrected chi connectivity index (χ2v) is 4.78. The van der Waals surface area contributed by atoms with Gasteiger partial charge in [0.2, 0.25) is 0 Å². The maximum Gasteiger partial charge on any atom is 0.272 e. The standard InChI is InChI=1S/C14H16ClN3O/c1-16-8-10-4-3-5-12(6-10)17-14(19)13-7-11(15)9-18(13)2/h3-7,9,16H,8H2,1-2H3,(H,17,19). The van der Waals surface area contributed by atoms with Crippen molar-refractivity contribution in [1.82, 2.24) is 9.88 Å². The van der Waals surface area contributed by atoms with Gasteiger partial charge in [0.05, 0.1) is 5.02 Å². The fourth-order valence-electron chi connectivity index (χ4n) is 1.91. The molecule has 0 aliphatic heterocycles. The molecule has 0 atom stereocenters. The molecule has 5 heteroatoms. The zero-order valence-electron chi connectivity index (χ0n) is 10.9. The lowest BCUT2D eigenvalue weighted by atomic mass is 10.2. The Labute approximate surface area is 117 Å². The van der Waals surface area contributed by atoms with Crippen LogP contribution in [0.4, 0.5) is 5.69 Å². The van der Waals surface area contributed by atoms with E-state index in [-0.39, 0.29) is 5.91 Å². The van der Waals surface area contributed by atoms with Crippen LogP contribution in [0.1, 0.15) is 16.1 Å². The molecule has 0 saturated carbocycles. The summed E-state index contributed by atoms with van der Waals surface area (Å²) in [6.45, 7) is 0.764. The summed E-state index contributed by atoms with van der Waals surface area (Å²) in [6, 6.07) is 9.38. The highest BCUT2D eigenvalue weighted by Crippen LogP contribution is 2.16. The average Bonchev–Trinajstić information content (AvgIpc) is 2.69. The topological polar surface area (TPSA) is 46.1 Å². The maximum absolute atomic E-state index is 12.1. The predicted molar refractivity (Wildman–Crippen MR) is 77.6 cm³/mol. The van der Waals surface area contributed by atoms with Crippen LogP contribution in [0.3, 0.4) is 0 Å². The van der Waals surface area contributed by atoms with Gasteiger partial charge in [0.1, 0.15) is 5.69 Å². The predicted octanol–water partition coefficient (Wildman–Crippen LogP) is 2.65. The molecule has 0 bridgehead atoms. The number of hydrogen-bond donors (Lipinski definition) is 2. The molecule has 100 valence electrons. The minimum Gasteiger partial charge on any atom is -0.345 e. The van der Waals surface area contributed by atoms with Gasteiger partial charge in [-0.1, -0.05) is 23.7 Å². The van der Waals surface area contributed by atoms with E-state index in [1.165, 1.54) is 0 Å². The Morgan fingerprint density at radius 1 is 1.37 bits per heavy atom. The molecule has 2 N–H and O–H groups in total. The Hall–Kier alpha value is -1.78. The zero-order valence-corrected chi connectivity index (χ0v) is 11.7. The highest BCUT2D eigenvalue weighted by molar-refractivity contribution is 6.31. The van der Waals surface area contributed by atoms with E-state index in [1.54, 1.807) is 23.9 Å². The monoisotopic (exact) mass is 277 g/mol. The van der Waals surface area contributed by atoms with Crippen molar-refractivity contribution in [3.8, 4) is 0 Å². The number of carbonyl (C=O) groups is 1. The molecule has 1 aromatic heterocycles. The molecule has 0 spiro atoms. The normalized spacial score (nSPS) is 10.5. The molecule has 0 fully saturated rings. The number of amides is 1. The van der Waals surface area contributed by atoms with Gasteiger partial charge >= 0.3 is 0 Å². The summed E-state index contributed by atoms with van der Waals surface area (Å²) in [5.41, 5.74) is 2.42. The van der Waals surface area contributed by atoms with Crippen molar-refractivity contribution in [2.24, 2.45) is 7.05 Å². The van der Waals surface area contributed by atoms with Crippen molar-refractivity contribution in [3.63, 3.8) is 0 Å². The Bertz CT molecular complexity index is 592. The van der Waals surface area contributed by atoms with Gasteiger partial charge in [-0.2, -0.15) is 0 Å². The summed E-state index contributed by atoms with van der Waals surface area (Å²) < 4.78 is 1.70. The van der Waals surface area contributed by atoms with Gasteiger partial charge in [-0.25, -0.2) is 0 Å². The summed E-state index contributed by atoms with van der Waals surface area (Å²) in [5, 5.41) is 6.49. The largest absolute Gasteiger partial charge is 0.345 e. The van der Waals surface area contributed by atoms with Crippen LogP contribution in [0.2, 0.25) is 5.02 Å². The first-order valence-electron chi connectivity index (χ1n) is 5.97. The molecule has 1 heterocycles. The number of halogens is 1.